The summed E-state index contributed by atoms with van der Waals surface area (Å²) in [5.74, 6) is -0.816. The second kappa shape index (κ2) is 8.92. The van der Waals surface area contributed by atoms with Crippen LogP contribution in [0.3, 0.4) is 0 Å². The fraction of sp³-hybridized carbons (Fsp3) is 0.423. The third kappa shape index (κ3) is 3.86. The Morgan fingerprint density at radius 1 is 1.19 bits per heavy atom. The smallest absolute Gasteiger partial charge is 0.418 e. The van der Waals surface area contributed by atoms with E-state index in [1.54, 1.807) is 29.3 Å². The van der Waals surface area contributed by atoms with Crippen LogP contribution in [0.5, 0.6) is 0 Å². The van der Waals surface area contributed by atoms with Crippen molar-refractivity contribution < 1.29 is 23.9 Å². The zero-order chi connectivity index (χ0) is 25.6. The number of hydrogen-bond donors (Lipinski definition) is 2. The molecule has 5 rings (SSSR count). The maximum Gasteiger partial charge on any atom is 0.418 e. The molecule has 3 atom stereocenters. The molecule has 2 aromatic rings. The molecule has 1 aromatic carbocycles. The Kier molecular flexibility index (Phi) is 5.89. The summed E-state index contributed by atoms with van der Waals surface area (Å²) in [5, 5.41) is 5.19. The number of pyridine rings is 1. The Morgan fingerprint density at radius 3 is 2.72 bits per heavy atom. The first-order valence-corrected chi connectivity index (χ1v) is 12.1. The molecule has 0 radical (unpaired) electrons. The van der Waals surface area contributed by atoms with E-state index in [2.05, 4.69) is 15.6 Å². The molecule has 3 heterocycles. The second-order valence-corrected chi connectivity index (χ2v) is 9.64. The van der Waals surface area contributed by atoms with Crippen molar-refractivity contribution in [3.8, 4) is 0 Å². The molecular weight excluding hydrogens is 462 g/mol. The minimum atomic E-state index is -1.44. The fourth-order valence-corrected chi connectivity index (χ4v) is 5.55. The van der Waals surface area contributed by atoms with E-state index < -0.39 is 17.6 Å². The zero-order valence-corrected chi connectivity index (χ0v) is 20.5. The van der Waals surface area contributed by atoms with Crippen LogP contribution in [0, 0.1) is 6.92 Å². The van der Waals surface area contributed by atoms with Crippen LogP contribution in [0.2, 0.25) is 0 Å². The van der Waals surface area contributed by atoms with Crippen LogP contribution in [0.25, 0.3) is 0 Å². The molecule has 1 spiro atoms. The van der Waals surface area contributed by atoms with Crippen molar-refractivity contribution in [2.75, 3.05) is 18.9 Å². The van der Waals surface area contributed by atoms with Crippen molar-refractivity contribution in [1.29, 1.82) is 0 Å². The molecule has 1 aromatic heterocycles. The number of benzene rings is 1. The first-order valence-electron chi connectivity index (χ1n) is 12.1. The number of aromatic nitrogens is 1. The molecule has 2 aliphatic heterocycles. The van der Waals surface area contributed by atoms with Gasteiger partial charge in [-0.25, -0.2) is 14.5 Å². The molecule has 0 bridgehead atoms. The average molecular weight is 492 g/mol. The Bertz CT molecular complexity index is 1250. The van der Waals surface area contributed by atoms with Crippen molar-refractivity contribution in [1.82, 2.24) is 20.1 Å². The fourth-order valence-electron chi connectivity index (χ4n) is 5.55. The van der Waals surface area contributed by atoms with Gasteiger partial charge in [-0.3, -0.25) is 14.6 Å². The van der Waals surface area contributed by atoms with Crippen LogP contribution < -0.4 is 10.6 Å². The number of aryl methyl sites for hydroxylation is 2. The Morgan fingerprint density at radius 2 is 2.00 bits per heavy atom. The van der Waals surface area contributed by atoms with Gasteiger partial charge >= 0.3 is 12.1 Å². The number of nitrogens with one attached hydrogen (secondary N) is 2. The minimum absolute atomic E-state index is 0.0232. The van der Waals surface area contributed by atoms with Gasteiger partial charge in [-0.1, -0.05) is 12.1 Å². The number of anilines is 1. The largest absolute Gasteiger partial charge is 0.427 e. The molecule has 188 valence electrons. The number of urea groups is 1. The average Bonchev–Trinajstić information content (AvgIpc) is 3.49. The van der Waals surface area contributed by atoms with E-state index in [0.717, 1.165) is 34.6 Å². The summed E-state index contributed by atoms with van der Waals surface area (Å²) in [6.07, 6.45) is 3.38. The lowest BCUT2D eigenvalue weighted by atomic mass is 9.94. The number of hydrogen-bond acceptors (Lipinski definition) is 6. The Labute approximate surface area is 209 Å². The lowest BCUT2D eigenvalue weighted by Crippen LogP contribution is -2.46. The highest BCUT2D eigenvalue weighted by Crippen LogP contribution is 2.46. The van der Waals surface area contributed by atoms with Crippen molar-refractivity contribution in [3.63, 3.8) is 0 Å². The van der Waals surface area contributed by atoms with Crippen molar-refractivity contribution >= 4 is 29.6 Å². The Hall–Kier alpha value is -3.95. The summed E-state index contributed by atoms with van der Waals surface area (Å²) in [6.45, 7) is 3.51. The molecule has 36 heavy (non-hydrogen) atoms. The number of imide groups is 1. The number of rotatable bonds is 4. The molecule has 3 aliphatic rings. The topological polar surface area (TPSA) is 121 Å². The maximum atomic E-state index is 13.6. The highest BCUT2D eigenvalue weighted by Gasteiger charge is 2.58. The van der Waals surface area contributed by atoms with Gasteiger partial charge < -0.3 is 20.3 Å². The van der Waals surface area contributed by atoms with Gasteiger partial charge in [0.2, 0.25) is 11.5 Å². The lowest BCUT2D eigenvalue weighted by molar-refractivity contribution is -0.143. The molecular formula is C26H29N5O5. The third-order valence-corrected chi connectivity index (χ3v) is 7.41. The first kappa shape index (κ1) is 23.8. The van der Waals surface area contributed by atoms with E-state index in [0.29, 0.717) is 24.1 Å². The van der Waals surface area contributed by atoms with Gasteiger partial charge in [-0.05, 0) is 62.4 Å². The summed E-state index contributed by atoms with van der Waals surface area (Å²) in [6, 6.07) is 8.51. The molecule has 2 N–H and O–H groups in total. The van der Waals surface area contributed by atoms with Crippen molar-refractivity contribution in [2.24, 2.45) is 0 Å². The van der Waals surface area contributed by atoms with Gasteiger partial charge in [0.15, 0.2) is 0 Å². The molecule has 10 heteroatoms. The number of ether oxygens (including phenoxy) is 1. The lowest BCUT2D eigenvalue weighted by Gasteiger charge is -2.30. The molecule has 2 saturated heterocycles. The van der Waals surface area contributed by atoms with Crippen LogP contribution in [-0.4, -0.2) is 58.4 Å². The SMILES string of the molecule is CNC(=O)Nc1ccc2c(c1)CC[C@@]21OC(=O)N(CC(=O)N2[C@@H](C)CC[C@H]2c2ccc(C)nc2)C1=O. The quantitative estimate of drug-likeness (QED) is 0.678. The molecule has 5 amide bonds. The minimum Gasteiger partial charge on any atom is -0.427 e. The monoisotopic (exact) mass is 491 g/mol. The van der Waals surface area contributed by atoms with Crippen LogP contribution in [0.15, 0.2) is 36.5 Å². The first-order chi connectivity index (χ1) is 17.2. The second-order valence-electron chi connectivity index (χ2n) is 9.64. The number of amides is 5. The van der Waals surface area contributed by atoms with Crippen molar-refractivity contribution in [3.05, 3.63) is 58.9 Å². The summed E-state index contributed by atoms with van der Waals surface area (Å²) in [5.41, 5.74) is 2.39. The van der Waals surface area contributed by atoms with Crippen LogP contribution in [-0.2, 0) is 26.3 Å². The zero-order valence-electron chi connectivity index (χ0n) is 20.5. The van der Waals surface area contributed by atoms with Crippen LogP contribution in [0.1, 0.15) is 54.6 Å². The van der Waals surface area contributed by atoms with Gasteiger partial charge in [-0.15, -0.1) is 0 Å². The number of likely N-dealkylation sites (tertiary alicyclic amines) is 1. The maximum absolute atomic E-state index is 13.6. The summed E-state index contributed by atoms with van der Waals surface area (Å²) in [7, 11) is 1.52. The highest BCUT2D eigenvalue weighted by molar-refractivity contribution is 6.06. The third-order valence-electron chi connectivity index (χ3n) is 7.41. The molecule has 10 nitrogen and oxygen atoms in total. The number of nitrogens with zero attached hydrogens (tertiary/aromatic N) is 3. The summed E-state index contributed by atoms with van der Waals surface area (Å²) >= 11 is 0. The molecule has 0 unspecified atom stereocenters. The van der Waals surface area contributed by atoms with E-state index in [-0.39, 0.29) is 30.6 Å². The van der Waals surface area contributed by atoms with E-state index in [1.165, 1.54) is 7.05 Å². The van der Waals surface area contributed by atoms with E-state index in [4.69, 9.17) is 4.74 Å². The van der Waals surface area contributed by atoms with E-state index >= 15 is 0 Å². The van der Waals surface area contributed by atoms with Crippen LogP contribution >= 0.6 is 0 Å². The predicted molar refractivity (Wildman–Crippen MR) is 130 cm³/mol. The van der Waals surface area contributed by atoms with Gasteiger partial charge in [0.1, 0.15) is 6.54 Å². The van der Waals surface area contributed by atoms with E-state index in [9.17, 15) is 19.2 Å². The highest BCUT2D eigenvalue weighted by atomic mass is 16.6. The number of carbonyl (C=O) groups excluding carboxylic acids is 4. The molecule has 0 saturated carbocycles. The predicted octanol–water partition coefficient (Wildman–Crippen LogP) is 3.01. The molecule has 1 aliphatic carbocycles. The number of fused-ring (bicyclic) bond motifs is 2. The standard InChI is InChI=1S/C26H29N5O5/c1-15-4-6-18(13-28-15)21-9-5-16(2)31(21)22(32)14-30-23(33)26(36-25(30)35)11-10-17-12-19(7-8-20(17)26)29-24(34)27-3/h4,6-8,12-13,16,21H,5,9-11,14H2,1-3H3,(H2,27,29,34)/t16-,21-,26+/m0/s1. The summed E-state index contributed by atoms with van der Waals surface area (Å²) < 4.78 is 5.68. The normalized spacial score (nSPS) is 24.8. The van der Waals surface area contributed by atoms with Gasteiger partial charge in [0.05, 0.1) is 6.04 Å². The number of carbonyl (C=O) groups is 4. The summed E-state index contributed by atoms with van der Waals surface area (Å²) in [4.78, 5) is 58.6. The van der Waals surface area contributed by atoms with Crippen molar-refractivity contribution in [2.45, 2.75) is 57.2 Å². The molecule has 2 fully saturated rings. The van der Waals surface area contributed by atoms with E-state index in [1.807, 2.05) is 26.0 Å². The Balaban J connectivity index is 1.35. The van der Waals surface area contributed by atoms with Gasteiger partial charge in [-0.2, -0.15) is 0 Å². The van der Waals surface area contributed by atoms with Gasteiger partial charge in [0.25, 0.3) is 5.91 Å². The van der Waals surface area contributed by atoms with Crippen LogP contribution in [0.4, 0.5) is 15.3 Å². The van der Waals surface area contributed by atoms with Gasteiger partial charge in [0, 0.05) is 42.7 Å².